The largest absolute Gasteiger partial charge is 0.391 e. The third kappa shape index (κ3) is 3.20. The van der Waals surface area contributed by atoms with Crippen LogP contribution in [0.2, 0.25) is 0 Å². The highest BCUT2D eigenvalue weighted by Crippen LogP contribution is 2.36. The van der Waals surface area contributed by atoms with Gasteiger partial charge in [0, 0.05) is 18.5 Å². The molecule has 1 saturated carbocycles. The fourth-order valence-electron chi connectivity index (χ4n) is 4.24. The van der Waals surface area contributed by atoms with Crippen molar-refractivity contribution < 1.29 is 14.3 Å². The molecule has 1 amide bonds. The standard InChI is InChI=1S/C19H25FN2O2/c20-15-3-1-13(2-4-15)18-11-17(23)12-22(18)19(24)14-7-9-21(10-8-14)16-5-6-16/h1-4,14,16-18,23H,5-12H2/t17-,18+/m1/s1. The van der Waals surface area contributed by atoms with Crippen LogP contribution in [-0.2, 0) is 4.79 Å². The second-order valence-corrected chi connectivity index (χ2v) is 7.49. The highest BCUT2D eigenvalue weighted by atomic mass is 19.1. The molecule has 3 aliphatic rings. The van der Waals surface area contributed by atoms with Gasteiger partial charge in [-0.3, -0.25) is 4.79 Å². The fourth-order valence-corrected chi connectivity index (χ4v) is 4.24. The molecule has 2 aliphatic heterocycles. The molecular formula is C19H25FN2O2. The van der Waals surface area contributed by atoms with Gasteiger partial charge < -0.3 is 14.9 Å². The summed E-state index contributed by atoms with van der Waals surface area (Å²) < 4.78 is 13.2. The van der Waals surface area contributed by atoms with Gasteiger partial charge in [0.15, 0.2) is 0 Å². The van der Waals surface area contributed by atoms with E-state index in [1.165, 1.54) is 25.0 Å². The first-order valence-electron chi connectivity index (χ1n) is 9.10. The van der Waals surface area contributed by atoms with E-state index >= 15 is 0 Å². The van der Waals surface area contributed by atoms with Crippen LogP contribution >= 0.6 is 0 Å². The average molecular weight is 332 g/mol. The number of carbonyl (C=O) groups is 1. The summed E-state index contributed by atoms with van der Waals surface area (Å²) in [5, 5.41) is 10.1. The zero-order chi connectivity index (χ0) is 16.7. The molecule has 0 unspecified atom stereocenters. The Balaban J connectivity index is 1.44. The van der Waals surface area contributed by atoms with Crippen molar-refractivity contribution in [3.05, 3.63) is 35.6 Å². The Labute approximate surface area is 142 Å². The first-order valence-corrected chi connectivity index (χ1v) is 9.10. The second kappa shape index (κ2) is 6.45. The number of amides is 1. The molecule has 4 rings (SSSR count). The van der Waals surface area contributed by atoms with E-state index in [4.69, 9.17) is 0 Å². The van der Waals surface area contributed by atoms with Crippen LogP contribution < -0.4 is 0 Å². The molecule has 1 aromatic carbocycles. The molecule has 0 aromatic heterocycles. The lowest BCUT2D eigenvalue weighted by atomic mass is 9.94. The summed E-state index contributed by atoms with van der Waals surface area (Å²) in [5.41, 5.74) is 0.914. The Bertz CT molecular complexity index is 594. The number of piperidine rings is 1. The Hall–Kier alpha value is -1.46. The third-order valence-electron chi connectivity index (χ3n) is 5.76. The van der Waals surface area contributed by atoms with E-state index in [9.17, 15) is 14.3 Å². The minimum absolute atomic E-state index is 0.0632. The van der Waals surface area contributed by atoms with E-state index in [1.54, 1.807) is 12.1 Å². The molecular weight excluding hydrogens is 307 g/mol. The molecule has 4 nitrogen and oxygen atoms in total. The second-order valence-electron chi connectivity index (χ2n) is 7.49. The molecule has 5 heteroatoms. The van der Waals surface area contributed by atoms with Crippen LogP contribution in [0.25, 0.3) is 0 Å². The van der Waals surface area contributed by atoms with Crippen LogP contribution in [-0.4, -0.2) is 52.6 Å². The quantitative estimate of drug-likeness (QED) is 0.924. The molecule has 1 aromatic rings. The van der Waals surface area contributed by atoms with Gasteiger partial charge in [-0.1, -0.05) is 12.1 Å². The SMILES string of the molecule is O=C(C1CCN(C2CC2)CC1)N1C[C@H](O)C[C@H]1c1ccc(F)cc1. The van der Waals surface area contributed by atoms with E-state index in [0.29, 0.717) is 13.0 Å². The molecule has 0 spiro atoms. The zero-order valence-electron chi connectivity index (χ0n) is 13.9. The first kappa shape index (κ1) is 16.0. The fraction of sp³-hybridized carbons (Fsp3) is 0.632. The van der Waals surface area contributed by atoms with Gasteiger partial charge in [-0.15, -0.1) is 0 Å². The molecule has 2 atom stereocenters. The lowest BCUT2D eigenvalue weighted by Gasteiger charge is -2.35. The summed E-state index contributed by atoms with van der Waals surface area (Å²) >= 11 is 0. The predicted molar refractivity (Wildman–Crippen MR) is 88.8 cm³/mol. The molecule has 2 saturated heterocycles. The van der Waals surface area contributed by atoms with Crippen molar-refractivity contribution in [2.75, 3.05) is 19.6 Å². The summed E-state index contributed by atoms with van der Waals surface area (Å²) in [6.45, 7) is 2.42. The van der Waals surface area contributed by atoms with Gasteiger partial charge in [0.25, 0.3) is 0 Å². The number of likely N-dealkylation sites (tertiary alicyclic amines) is 2. The van der Waals surface area contributed by atoms with Crippen LogP contribution in [0.5, 0.6) is 0 Å². The highest BCUT2D eigenvalue weighted by Gasteiger charge is 2.40. The Kier molecular flexibility index (Phi) is 4.31. The van der Waals surface area contributed by atoms with Crippen molar-refractivity contribution in [2.24, 2.45) is 5.92 Å². The first-order chi connectivity index (χ1) is 11.6. The number of rotatable bonds is 3. The molecule has 0 bridgehead atoms. The lowest BCUT2D eigenvalue weighted by Crippen LogP contribution is -2.43. The highest BCUT2D eigenvalue weighted by molar-refractivity contribution is 5.80. The lowest BCUT2D eigenvalue weighted by molar-refractivity contribution is -0.138. The van der Waals surface area contributed by atoms with Crippen molar-refractivity contribution in [1.29, 1.82) is 0 Å². The summed E-state index contributed by atoms with van der Waals surface area (Å²) in [7, 11) is 0. The van der Waals surface area contributed by atoms with E-state index < -0.39 is 6.10 Å². The molecule has 1 aliphatic carbocycles. The Morgan fingerprint density at radius 2 is 1.75 bits per heavy atom. The van der Waals surface area contributed by atoms with Crippen molar-refractivity contribution in [3.63, 3.8) is 0 Å². The van der Waals surface area contributed by atoms with Gasteiger partial charge in [0.2, 0.25) is 5.91 Å². The van der Waals surface area contributed by atoms with Gasteiger partial charge in [-0.25, -0.2) is 4.39 Å². The maximum absolute atomic E-state index is 13.2. The van der Waals surface area contributed by atoms with Gasteiger partial charge in [-0.05, 0) is 62.9 Å². The van der Waals surface area contributed by atoms with Crippen molar-refractivity contribution in [2.45, 2.75) is 50.3 Å². The number of hydrogen-bond donors (Lipinski definition) is 1. The minimum Gasteiger partial charge on any atom is -0.391 e. The number of hydrogen-bond acceptors (Lipinski definition) is 3. The maximum Gasteiger partial charge on any atom is 0.226 e. The zero-order valence-corrected chi connectivity index (χ0v) is 13.9. The molecule has 24 heavy (non-hydrogen) atoms. The minimum atomic E-state index is -0.490. The number of carbonyl (C=O) groups excluding carboxylic acids is 1. The molecule has 130 valence electrons. The van der Waals surface area contributed by atoms with Crippen LogP contribution in [0, 0.1) is 11.7 Å². The number of benzene rings is 1. The van der Waals surface area contributed by atoms with Crippen molar-refractivity contribution in [1.82, 2.24) is 9.80 Å². The van der Waals surface area contributed by atoms with E-state index in [2.05, 4.69) is 4.90 Å². The van der Waals surface area contributed by atoms with Crippen molar-refractivity contribution >= 4 is 5.91 Å². The van der Waals surface area contributed by atoms with Gasteiger partial charge in [0.1, 0.15) is 5.82 Å². The molecule has 3 fully saturated rings. The summed E-state index contributed by atoms with van der Waals surface area (Å²) in [6, 6.07) is 6.95. The van der Waals surface area contributed by atoms with Crippen LogP contribution in [0.4, 0.5) is 4.39 Å². The Morgan fingerprint density at radius 1 is 1.08 bits per heavy atom. The molecule has 2 heterocycles. The number of nitrogens with zero attached hydrogens (tertiary/aromatic N) is 2. The smallest absolute Gasteiger partial charge is 0.226 e. The number of halogens is 1. The van der Waals surface area contributed by atoms with E-state index in [0.717, 1.165) is 37.5 Å². The Morgan fingerprint density at radius 3 is 2.38 bits per heavy atom. The number of β-amino-alcohol motifs (C(OH)–C–C–N with tert-alkyl or cyclic N) is 1. The summed E-state index contributed by atoms with van der Waals surface area (Å²) in [6.07, 6.45) is 4.50. The average Bonchev–Trinajstić information content (AvgIpc) is 3.37. The predicted octanol–water partition coefficient (Wildman–Crippen LogP) is 2.33. The van der Waals surface area contributed by atoms with Crippen molar-refractivity contribution in [3.8, 4) is 0 Å². The summed E-state index contributed by atoms with van der Waals surface area (Å²) in [4.78, 5) is 17.4. The van der Waals surface area contributed by atoms with Crippen LogP contribution in [0.3, 0.4) is 0 Å². The van der Waals surface area contributed by atoms with Crippen LogP contribution in [0.1, 0.15) is 43.7 Å². The maximum atomic E-state index is 13.2. The molecule has 1 N–H and O–H groups in total. The van der Waals surface area contributed by atoms with E-state index in [-0.39, 0.29) is 23.7 Å². The van der Waals surface area contributed by atoms with Gasteiger partial charge in [0.05, 0.1) is 12.1 Å². The topological polar surface area (TPSA) is 43.8 Å². The number of aliphatic hydroxyl groups is 1. The third-order valence-corrected chi connectivity index (χ3v) is 5.76. The normalized spacial score (nSPS) is 29.2. The van der Waals surface area contributed by atoms with Crippen LogP contribution in [0.15, 0.2) is 24.3 Å². The van der Waals surface area contributed by atoms with Gasteiger partial charge in [-0.2, -0.15) is 0 Å². The number of aliphatic hydroxyl groups excluding tert-OH is 1. The van der Waals surface area contributed by atoms with E-state index in [1.807, 2.05) is 4.90 Å². The summed E-state index contributed by atoms with van der Waals surface area (Å²) in [5.74, 6) is -0.0489. The van der Waals surface area contributed by atoms with Gasteiger partial charge >= 0.3 is 0 Å². The monoisotopic (exact) mass is 332 g/mol. The molecule has 0 radical (unpaired) electrons.